The summed E-state index contributed by atoms with van der Waals surface area (Å²) in [6.07, 6.45) is 3.22. The number of aryl methyl sites for hydroxylation is 1. The molecule has 0 aliphatic rings. The lowest BCUT2D eigenvalue weighted by Gasteiger charge is -1.99. The molecule has 6 nitrogen and oxygen atoms in total. The van der Waals surface area contributed by atoms with Crippen molar-refractivity contribution in [3.8, 4) is 5.75 Å². The minimum atomic E-state index is -0.503. The van der Waals surface area contributed by atoms with Gasteiger partial charge in [-0.05, 0) is 30.7 Å². The van der Waals surface area contributed by atoms with Crippen molar-refractivity contribution in [2.75, 3.05) is 7.11 Å². The maximum Gasteiger partial charge on any atom is 0.338 e. The summed E-state index contributed by atoms with van der Waals surface area (Å²) >= 11 is 0. The maximum absolute atomic E-state index is 10.9. The third-order valence-electron chi connectivity index (χ3n) is 2.56. The summed E-state index contributed by atoms with van der Waals surface area (Å²) in [4.78, 5) is 10.4. The van der Waals surface area contributed by atoms with Gasteiger partial charge in [0.25, 0.3) is 0 Å². The highest BCUT2D eigenvalue weighted by Gasteiger charge is 2.21. The summed E-state index contributed by atoms with van der Waals surface area (Å²) in [6, 6.07) is 7.32. The Morgan fingerprint density at radius 3 is 2.89 bits per heavy atom. The average Bonchev–Trinajstić information content (AvgIpc) is 2.78. The van der Waals surface area contributed by atoms with Crippen molar-refractivity contribution in [2.24, 2.45) is 0 Å². The summed E-state index contributed by atoms with van der Waals surface area (Å²) < 4.78 is 10.0. The monoisotopic (exact) mass is 260 g/mol. The van der Waals surface area contributed by atoms with E-state index in [9.17, 15) is 10.1 Å². The molecule has 0 unspecified atom stereocenters. The summed E-state index contributed by atoms with van der Waals surface area (Å²) in [6.45, 7) is 1.53. The SMILES string of the molecule is COc1cccc(/C=C\c2onc(C)c2[N+](=O)[O-])c1. The smallest absolute Gasteiger partial charge is 0.338 e. The van der Waals surface area contributed by atoms with Gasteiger partial charge in [0.1, 0.15) is 5.75 Å². The third kappa shape index (κ3) is 2.79. The molecule has 19 heavy (non-hydrogen) atoms. The topological polar surface area (TPSA) is 78.4 Å². The van der Waals surface area contributed by atoms with E-state index >= 15 is 0 Å². The van der Waals surface area contributed by atoms with E-state index < -0.39 is 4.92 Å². The van der Waals surface area contributed by atoms with Gasteiger partial charge in [0, 0.05) is 0 Å². The van der Waals surface area contributed by atoms with E-state index in [1.165, 1.54) is 13.0 Å². The zero-order chi connectivity index (χ0) is 13.8. The second-order valence-corrected chi connectivity index (χ2v) is 3.85. The summed E-state index contributed by atoms with van der Waals surface area (Å²) in [5, 5.41) is 14.5. The second kappa shape index (κ2) is 5.34. The van der Waals surface area contributed by atoms with Gasteiger partial charge in [-0.25, -0.2) is 0 Å². The highest BCUT2D eigenvalue weighted by Crippen LogP contribution is 2.25. The van der Waals surface area contributed by atoms with Gasteiger partial charge in [0.05, 0.1) is 12.0 Å². The molecule has 0 spiro atoms. The number of methoxy groups -OCH3 is 1. The van der Waals surface area contributed by atoms with E-state index in [1.54, 1.807) is 13.2 Å². The van der Waals surface area contributed by atoms with Gasteiger partial charge in [0.15, 0.2) is 5.69 Å². The van der Waals surface area contributed by atoms with Crippen LogP contribution in [0.1, 0.15) is 17.0 Å². The molecule has 0 fully saturated rings. The van der Waals surface area contributed by atoms with Crippen molar-refractivity contribution >= 4 is 17.8 Å². The van der Waals surface area contributed by atoms with Crippen LogP contribution < -0.4 is 4.74 Å². The number of nitrogens with zero attached hydrogens (tertiary/aromatic N) is 2. The molecule has 6 heteroatoms. The van der Waals surface area contributed by atoms with Gasteiger partial charge in [-0.3, -0.25) is 10.1 Å². The zero-order valence-electron chi connectivity index (χ0n) is 10.5. The van der Waals surface area contributed by atoms with E-state index in [4.69, 9.17) is 9.26 Å². The normalized spacial score (nSPS) is 10.8. The molecule has 0 amide bonds. The predicted molar refractivity (Wildman–Crippen MR) is 69.8 cm³/mol. The minimum absolute atomic E-state index is 0.112. The molecule has 0 aliphatic carbocycles. The predicted octanol–water partition coefficient (Wildman–Crippen LogP) is 3.07. The van der Waals surface area contributed by atoms with Gasteiger partial charge < -0.3 is 9.26 Å². The highest BCUT2D eigenvalue weighted by atomic mass is 16.6. The van der Waals surface area contributed by atoms with Crippen LogP contribution in [0.4, 0.5) is 5.69 Å². The maximum atomic E-state index is 10.9. The molecule has 0 radical (unpaired) electrons. The van der Waals surface area contributed by atoms with Crippen LogP contribution in [0.3, 0.4) is 0 Å². The third-order valence-corrected chi connectivity index (χ3v) is 2.56. The molecule has 0 bridgehead atoms. The van der Waals surface area contributed by atoms with Crippen LogP contribution in [0, 0.1) is 17.0 Å². The van der Waals surface area contributed by atoms with Crippen LogP contribution >= 0.6 is 0 Å². The van der Waals surface area contributed by atoms with E-state index in [2.05, 4.69) is 5.16 Å². The summed E-state index contributed by atoms with van der Waals surface area (Å²) in [5.41, 5.74) is 0.997. The van der Waals surface area contributed by atoms with E-state index in [1.807, 2.05) is 24.3 Å². The van der Waals surface area contributed by atoms with Crippen LogP contribution in [0.15, 0.2) is 28.8 Å². The lowest BCUT2D eigenvalue weighted by molar-refractivity contribution is -0.386. The van der Waals surface area contributed by atoms with Crippen molar-refractivity contribution in [3.63, 3.8) is 0 Å². The summed E-state index contributed by atoms with van der Waals surface area (Å²) in [5.74, 6) is 0.843. The van der Waals surface area contributed by atoms with E-state index in [0.29, 0.717) is 5.75 Å². The van der Waals surface area contributed by atoms with Crippen LogP contribution in [0.5, 0.6) is 5.75 Å². The molecule has 0 saturated heterocycles. The molecule has 0 aliphatic heterocycles. The van der Waals surface area contributed by atoms with Gasteiger partial charge in [-0.2, -0.15) is 0 Å². The average molecular weight is 260 g/mol. The fourth-order valence-electron chi connectivity index (χ4n) is 1.63. The molecular formula is C13H12N2O4. The Bertz CT molecular complexity index is 631. The molecular weight excluding hydrogens is 248 g/mol. The molecule has 1 heterocycles. The first kappa shape index (κ1) is 12.8. The van der Waals surface area contributed by atoms with Crippen LogP contribution in [-0.2, 0) is 0 Å². The first-order valence-electron chi connectivity index (χ1n) is 5.54. The fraction of sp³-hybridized carbons (Fsp3) is 0.154. The van der Waals surface area contributed by atoms with Gasteiger partial charge in [-0.1, -0.05) is 23.4 Å². The van der Waals surface area contributed by atoms with Crippen LogP contribution in [-0.4, -0.2) is 17.2 Å². The Morgan fingerprint density at radius 2 is 2.21 bits per heavy atom. The standard InChI is InChI=1S/C13H12N2O4/c1-9-13(15(16)17)12(19-14-9)7-6-10-4-3-5-11(8-10)18-2/h3-8H,1-2H3/b7-6-. The van der Waals surface area contributed by atoms with Crippen LogP contribution in [0.2, 0.25) is 0 Å². The fourth-order valence-corrected chi connectivity index (χ4v) is 1.63. The second-order valence-electron chi connectivity index (χ2n) is 3.85. The Kier molecular flexibility index (Phi) is 3.61. The Balaban J connectivity index is 2.30. The van der Waals surface area contributed by atoms with Crippen molar-refractivity contribution in [1.82, 2.24) is 5.16 Å². The first-order valence-corrected chi connectivity index (χ1v) is 5.54. The number of hydrogen-bond donors (Lipinski definition) is 0. The van der Waals surface area contributed by atoms with E-state index in [0.717, 1.165) is 5.56 Å². The lowest BCUT2D eigenvalue weighted by Crippen LogP contribution is -1.90. The number of rotatable bonds is 4. The first-order chi connectivity index (χ1) is 9.11. The van der Waals surface area contributed by atoms with Crippen molar-refractivity contribution < 1.29 is 14.2 Å². The Morgan fingerprint density at radius 1 is 1.42 bits per heavy atom. The van der Waals surface area contributed by atoms with Crippen LogP contribution in [0.25, 0.3) is 12.2 Å². The van der Waals surface area contributed by atoms with Gasteiger partial charge in [0.2, 0.25) is 5.76 Å². The number of nitro groups is 1. The van der Waals surface area contributed by atoms with Gasteiger partial charge >= 0.3 is 5.69 Å². The number of hydrogen-bond acceptors (Lipinski definition) is 5. The summed E-state index contributed by atoms with van der Waals surface area (Å²) in [7, 11) is 1.58. The number of benzene rings is 1. The molecule has 1 aromatic heterocycles. The molecule has 2 aromatic rings. The molecule has 0 saturated carbocycles. The Hall–Kier alpha value is -2.63. The van der Waals surface area contributed by atoms with Crippen molar-refractivity contribution in [1.29, 1.82) is 0 Å². The van der Waals surface area contributed by atoms with Gasteiger partial charge in [-0.15, -0.1) is 0 Å². The Labute approximate surface area is 109 Å². The highest BCUT2D eigenvalue weighted by molar-refractivity contribution is 5.72. The molecule has 0 atom stereocenters. The van der Waals surface area contributed by atoms with E-state index in [-0.39, 0.29) is 17.1 Å². The van der Waals surface area contributed by atoms with Crippen molar-refractivity contribution in [2.45, 2.75) is 6.92 Å². The number of ether oxygens (including phenoxy) is 1. The minimum Gasteiger partial charge on any atom is -0.497 e. The zero-order valence-corrected chi connectivity index (χ0v) is 10.5. The number of aromatic nitrogens is 1. The largest absolute Gasteiger partial charge is 0.497 e. The van der Waals surface area contributed by atoms with Crippen molar-refractivity contribution in [3.05, 3.63) is 51.4 Å². The quantitative estimate of drug-likeness (QED) is 0.623. The molecule has 2 rings (SSSR count). The molecule has 1 aromatic carbocycles. The molecule has 98 valence electrons. The lowest BCUT2D eigenvalue weighted by atomic mass is 10.2. The molecule has 0 N–H and O–H groups in total.